The average Bonchev–Trinajstić information content (AvgIpc) is 2.33. The first-order valence-electron chi connectivity index (χ1n) is 6.99. The summed E-state index contributed by atoms with van der Waals surface area (Å²) in [4.78, 5) is 16.0. The molecule has 0 spiro atoms. The van der Waals surface area contributed by atoms with Crippen molar-refractivity contribution in [3.05, 3.63) is 0 Å². The number of aliphatic imine (C=N–C) groups is 1. The number of amides is 1. The fraction of sp³-hybridized carbons (Fsp3) is 0.857. The molecule has 110 valence electrons. The molecule has 1 fully saturated rings. The van der Waals surface area contributed by atoms with Crippen molar-refractivity contribution < 1.29 is 4.79 Å². The van der Waals surface area contributed by atoms with Crippen LogP contribution in [0.1, 0.15) is 41.0 Å². The first-order valence-corrected chi connectivity index (χ1v) is 7.98. The number of hydrogen-bond donors (Lipinski definition) is 2. The summed E-state index contributed by atoms with van der Waals surface area (Å²) in [6, 6.07) is 0.436. The lowest BCUT2D eigenvalue weighted by molar-refractivity contribution is -0.119. The Balaban J connectivity index is 2.42. The second-order valence-electron chi connectivity index (χ2n) is 6.52. The van der Waals surface area contributed by atoms with Crippen LogP contribution in [0.4, 0.5) is 0 Å². The summed E-state index contributed by atoms with van der Waals surface area (Å²) in [5.41, 5.74) is 0.224. The molecule has 2 N–H and O–H groups in total. The summed E-state index contributed by atoms with van der Waals surface area (Å²) in [5.74, 6) is 1.55. The van der Waals surface area contributed by atoms with Crippen molar-refractivity contribution in [2.75, 3.05) is 18.8 Å². The molecule has 5 heteroatoms. The van der Waals surface area contributed by atoms with Crippen molar-refractivity contribution in [3.8, 4) is 0 Å². The molecule has 1 aliphatic rings. The van der Waals surface area contributed by atoms with Crippen molar-refractivity contribution in [1.29, 1.82) is 0 Å². The third-order valence-electron chi connectivity index (χ3n) is 3.06. The van der Waals surface area contributed by atoms with E-state index in [2.05, 4.69) is 50.2 Å². The Bertz CT molecular complexity index is 334. The Labute approximate surface area is 121 Å². The quantitative estimate of drug-likeness (QED) is 0.833. The van der Waals surface area contributed by atoms with Gasteiger partial charge in [-0.1, -0.05) is 46.4 Å². The summed E-state index contributed by atoms with van der Waals surface area (Å²) in [6.07, 6.45) is 1.15. The first kappa shape index (κ1) is 16.3. The SMILES string of the molecule is CC(C)CNC(=O)CN=C1NC(C(C)(C)C)CCS1. The van der Waals surface area contributed by atoms with E-state index in [-0.39, 0.29) is 17.9 Å². The smallest absolute Gasteiger partial charge is 0.241 e. The number of amidine groups is 1. The minimum atomic E-state index is 0.00137. The van der Waals surface area contributed by atoms with Gasteiger partial charge in [-0.05, 0) is 17.8 Å². The Morgan fingerprint density at radius 2 is 2.21 bits per heavy atom. The van der Waals surface area contributed by atoms with Crippen molar-refractivity contribution in [3.63, 3.8) is 0 Å². The van der Waals surface area contributed by atoms with Gasteiger partial charge in [0.05, 0.1) is 0 Å². The summed E-state index contributed by atoms with van der Waals surface area (Å²) in [5, 5.41) is 7.23. The normalized spacial score (nSPS) is 22.4. The molecule has 19 heavy (non-hydrogen) atoms. The maximum Gasteiger partial charge on any atom is 0.241 e. The van der Waals surface area contributed by atoms with Crippen molar-refractivity contribution >= 4 is 22.8 Å². The number of carbonyl (C=O) groups is 1. The number of nitrogens with zero attached hydrogens (tertiary/aromatic N) is 1. The van der Waals surface area contributed by atoms with E-state index in [0.29, 0.717) is 12.0 Å². The van der Waals surface area contributed by atoms with Gasteiger partial charge in [0, 0.05) is 18.3 Å². The molecule has 4 nitrogen and oxygen atoms in total. The van der Waals surface area contributed by atoms with Gasteiger partial charge in [0.1, 0.15) is 6.54 Å². The Hall–Kier alpha value is -0.710. The molecule has 0 radical (unpaired) electrons. The highest BCUT2D eigenvalue weighted by Gasteiger charge is 2.28. The topological polar surface area (TPSA) is 53.5 Å². The van der Waals surface area contributed by atoms with Gasteiger partial charge in [0.25, 0.3) is 0 Å². The van der Waals surface area contributed by atoms with Crippen LogP contribution in [0.3, 0.4) is 0 Å². The number of rotatable bonds is 4. The van der Waals surface area contributed by atoms with Crippen LogP contribution >= 0.6 is 11.8 Å². The van der Waals surface area contributed by atoms with Crippen LogP contribution in [0.15, 0.2) is 4.99 Å². The molecule has 0 bridgehead atoms. The van der Waals surface area contributed by atoms with Gasteiger partial charge in [0.2, 0.25) is 5.91 Å². The van der Waals surface area contributed by atoms with E-state index in [0.717, 1.165) is 23.9 Å². The lowest BCUT2D eigenvalue weighted by atomic mass is 9.85. The molecule has 1 heterocycles. The predicted octanol–water partition coefficient (Wildman–Crippen LogP) is 2.26. The third-order valence-corrected chi connectivity index (χ3v) is 4.02. The molecule has 1 rings (SSSR count). The van der Waals surface area contributed by atoms with Crippen LogP contribution < -0.4 is 10.6 Å². The van der Waals surface area contributed by atoms with E-state index < -0.39 is 0 Å². The van der Waals surface area contributed by atoms with Crippen molar-refractivity contribution in [2.45, 2.75) is 47.1 Å². The third kappa shape index (κ3) is 6.32. The van der Waals surface area contributed by atoms with Crippen LogP contribution in [0.25, 0.3) is 0 Å². The van der Waals surface area contributed by atoms with Gasteiger partial charge in [-0.15, -0.1) is 0 Å². The molecule has 1 atom stereocenters. The van der Waals surface area contributed by atoms with Crippen LogP contribution in [0.2, 0.25) is 0 Å². The Kier molecular flexibility index (Phi) is 6.17. The maximum absolute atomic E-state index is 11.6. The van der Waals surface area contributed by atoms with E-state index in [1.165, 1.54) is 0 Å². The second kappa shape index (κ2) is 7.17. The fourth-order valence-corrected chi connectivity index (χ4v) is 2.72. The summed E-state index contributed by atoms with van der Waals surface area (Å²) < 4.78 is 0. The Morgan fingerprint density at radius 3 is 2.79 bits per heavy atom. The molecule has 0 aromatic carbocycles. The molecule has 1 unspecified atom stereocenters. The number of hydrogen-bond acceptors (Lipinski definition) is 3. The molecule has 1 amide bonds. The Morgan fingerprint density at radius 1 is 1.53 bits per heavy atom. The van der Waals surface area contributed by atoms with Crippen molar-refractivity contribution in [1.82, 2.24) is 10.6 Å². The highest BCUT2D eigenvalue weighted by atomic mass is 32.2. The minimum Gasteiger partial charge on any atom is -0.362 e. The fourth-order valence-electron chi connectivity index (χ4n) is 1.79. The average molecular weight is 285 g/mol. The lowest BCUT2D eigenvalue weighted by Gasteiger charge is -2.35. The van der Waals surface area contributed by atoms with Crippen molar-refractivity contribution in [2.24, 2.45) is 16.3 Å². The highest BCUT2D eigenvalue weighted by Crippen LogP contribution is 2.27. The second-order valence-corrected chi connectivity index (χ2v) is 7.60. The van der Waals surface area contributed by atoms with Gasteiger partial charge in [0.15, 0.2) is 5.17 Å². The van der Waals surface area contributed by atoms with E-state index in [9.17, 15) is 4.79 Å². The minimum absolute atomic E-state index is 0.00137. The van der Waals surface area contributed by atoms with Crippen LogP contribution in [-0.2, 0) is 4.79 Å². The van der Waals surface area contributed by atoms with Crippen LogP contribution in [0.5, 0.6) is 0 Å². The molecule has 1 saturated heterocycles. The largest absolute Gasteiger partial charge is 0.362 e. The van der Waals surface area contributed by atoms with Gasteiger partial charge >= 0.3 is 0 Å². The molecule has 0 aliphatic carbocycles. The zero-order valence-corrected chi connectivity index (χ0v) is 13.6. The van der Waals surface area contributed by atoms with E-state index >= 15 is 0 Å². The van der Waals surface area contributed by atoms with Gasteiger partial charge in [-0.2, -0.15) is 0 Å². The number of carbonyl (C=O) groups excluding carboxylic acids is 1. The zero-order valence-electron chi connectivity index (χ0n) is 12.7. The molecule has 0 saturated carbocycles. The maximum atomic E-state index is 11.6. The summed E-state index contributed by atoms with van der Waals surface area (Å²) >= 11 is 1.71. The predicted molar refractivity (Wildman–Crippen MR) is 83.6 cm³/mol. The summed E-state index contributed by atoms with van der Waals surface area (Å²) in [6.45, 7) is 11.8. The molecule has 0 aromatic rings. The molecule has 1 aliphatic heterocycles. The summed E-state index contributed by atoms with van der Waals surface area (Å²) in [7, 11) is 0. The molecular formula is C14H27N3OS. The van der Waals surface area contributed by atoms with Crippen LogP contribution in [-0.4, -0.2) is 36.0 Å². The van der Waals surface area contributed by atoms with E-state index in [1.54, 1.807) is 11.8 Å². The lowest BCUT2D eigenvalue weighted by Crippen LogP contribution is -2.46. The van der Waals surface area contributed by atoms with Gasteiger partial charge in [-0.3, -0.25) is 9.79 Å². The number of nitrogens with one attached hydrogen (secondary N) is 2. The monoisotopic (exact) mass is 285 g/mol. The standard InChI is InChI=1S/C14H27N3OS/c1-10(2)8-15-12(18)9-16-13-17-11(6-7-19-13)14(3,4)5/h10-11H,6-9H2,1-5H3,(H,15,18)(H,16,17). The first-order chi connectivity index (χ1) is 8.79. The van der Waals surface area contributed by atoms with Crippen LogP contribution in [0, 0.1) is 11.3 Å². The molecule has 0 aromatic heterocycles. The zero-order chi connectivity index (χ0) is 14.5. The van der Waals surface area contributed by atoms with E-state index in [1.807, 2.05) is 0 Å². The van der Waals surface area contributed by atoms with Gasteiger partial charge in [-0.25, -0.2) is 0 Å². The van der Waals surface area contributed by atoms with E-state index in [4.69, 9.17) is 0 Å². The molecular weight excluding hydrogens is 258 g/mol. The van der Waals surface area contributed by atoms with Gasteiger partial charge < -0.3 is 10.6 Å². The highest BCUT2D eigenvalue weighted by molar-refractivity contribution is 8.13. The number of thioether (sulfide) groups is 1.